The number of aryl methyl sites for hydroxylation is 1. The summed E-state index contributed by atoms with van der Waals surface area (Å²) in [6.45, 7) is 4.91. The van der Waals surface area contributed by atoms with Gasteiger partial charge in [0.2, 0.25) is 0 Å². The van der Waals surface area contributed by atoms with E-state index in [-0.39, 0.29) is 5.56 Å². The molecule has 0 aromatic heterocycles. The first kappa shape index (κ1) is 14.9. The predicted molar refractivity (Wildman–Crippen MR) is 80.3 cm³/mol. The van der Waals surface area contributed by atoms with Crippen LogP contribution in [-0.4, -0.2) is 24.3 Å². The molecular formula is C17H18O4. The van der Waals surface area contributed by atoms with Crippen LogP contribution in [-0.2, 0) is 0 Å². The van der Waals surface area contributed by atoms with Crippen LogP contribution in [0.1, 0.15) is 21.5 Å². The van der Waals surface area contributed by atoms with E-state index in [2.05, 4.69) is 0 Å². The van der Waals surface area contributed by atoms with Gasteiger partial charge < -0.3 is 14.6 Å². The Hall–Kier alpha value is -2.49. The van der Waals surface area contributed by atoms with Gasteiger partial charge in [-0.1, -0.05) is 12.1 Å². The number of hydrogen-bond donors (Lipinski definition) is 1. The lowest BCUT2D eigenvalue weighted by Gasteiger charge is -2.11. The van der Waals surface area contributed by atoms with Gasteiger partial charge in [0.05, 0.1) is 5.56 Å². The Kier molecular flexibility index (Phi) is 4.82. The number of benzene rings is 2. The molecule has 2 aromatic carbocycles. The minimum atomic E-state index is -0.945. The second-order valence-corrected chi connectivity index (χ2v) is 4.72. The summed E-state index contributed by atoms with van der Waals surface area (Å²) in [6.07, 6.45) is 0. The zero-order valence-corrected chi connectivity index (χ0v) is 12.1. The Morgan fingerprint density at radius 2 is 1.67 bits per heavy atom. The highest BCUT2D eigenvalue weighted by Gasteiger charge is 2.03. The second kappa shape index (κ2) is 6.79. The number of rotatable bonds is 6. The van der Waals surface area contributed by atoms with Crippen molar-refractivity contribution >= 4 is 5.97 Å². The van der Waals surface area contributed by atoms with Gasteiger partial charge in [-0.15, -0.1) is 0 Å². The molecule has 0 saturated carbocycles. The molecule has 2 rings (SSSR count). The van der Waals surface area contributed by atoms with E-state index in [0.717, 1.165) is 11.3 Å². The number of hydrogen-bond acceptors (Lipinski definition) is 3. The second-order valence-electron chi connectivity index (χ2n) is 4.72. The number of carbonyl (C=O) groups is 1. The van der Waals surface area contributed by atoms with Crippen molar-refractivity contribution in [2.24, 2.45) is 0 Å². The molecule has 0 radical (unpaired) electrons. The molecule has 0 aliphatic rings. The fraction of sp³-hybridized carbons (Fsp3) is 0.235. The molecule has 0 fully saturated rings. The summed E-state index contributed by atoms with van der Waals surface area (Å²) < 4.78 is 11.2. The number of carboxylic acid groups (broad SMARTS) is 1. The maximum absolute atomic E-state index is 10.7. The van der Waals surface area contributed by atoms with E-state index in [4.69, 9.17) is 14.6 Å². The van der Waals surface area contributed by atoms with E-state index in [1.165, 1.54) is 17.7 Å². The highest BCUT2D eigenvalue weighted by molar-refractivity contribution is 5.87. The van der Waals surface area contributed by atoms with Crippen molar-refractivity contribution in [2.45, 2.75) is 13.8 Å². The molecule has 110 valence electrons. The van der Waals surface area contributed by atoms with Gasteiger partial charge in [0.25, 0.3) is 0 Å². The van der Waals surface area contributed by atoms with Gasteiger partial charge >= 0.3 is 5.97 Å². The Labute approximate surface area is 123 Å². The molecule has 0 heterocycles. The van der Waals surface area contributed by atoms with Gasteiger partial charge in [-0.05, 0) is 55.3 Å². The SMILES string of the molecule is Cc1cccc(OCCOc2ccc(C(=O)O)cc2)c1C. The molecule has 0 unspecified atom stereocenters. The van der Waals surface area contributed by atoms with Crippen molar-refractivity contribution in [1.29, 1.82) is 0 Å². The molecule has 2 aromatic rings. The standard InChI is InChI=1S/C17H18O4/c1-12-4-3-5-16(13(12)2)21-11-10-20-15-8-6-14(7-9-15)17(18)19/h3-9H,10-11H2,1-2H3,(H,18,19). The van der Waals surface area contributed by atoms with Crippen molar-refractivity contribution in [2.75, 3.05) is 13.2 Å². The first-order valence-electron chi connectivity index (χ1n) is 6.73. The van der Waals surface area contributed by atoms with Gasteiger partial charge in [-0.2, -0.15) is 0 Å². The average Bonchev–Trinajstić information content (AvgIpc) is 2.48. The van der Waals surface area contributed by atoms with Crippen molar-refractivity contribution in [3.8, 4) is 11.5 Å². The summed E-state index contributed by atoms with van der Waals surface area (Å²) in [5, 5.41) is 8.80. The van der Waals surface area contributed by atoms with Crippen LogP contribution in [0, 0.1) is 13.8 Å². The van der Waals surface area contributed by atoms with Crippen LogP contribution < -0.4 is 9.47 Å². The summed E-state index contributed by atoms with van der Waals surface area (Å²) >= 11 is 0. The fourth-order valence-corrected chi connectivity index (χ4v) is 1.89. The quantitative estimate of drug-likeness (QED) is 0.826. The van der Waals surface area contributed by atoms with Crippen LogP contribution in [0.15, 0.2) is 42.5 Å². The molecule has 0 atom stereocenters. The van der Waals surface area contributed by atoms with Crippen LogP contribution in [0.3, 0.4) is 0 Å². The van der Waals surface area contributed by atoms with E-state index >= 15 is 0 Å². The van der Waals surface area contributed by atoms with Gasteiger partial charge in [0.1, 0.15) is 24.7 Å². The third-order valence-electron chi connectivity index (χ3n) is 3.27. The molecular weight excluding hydrogens is 268 g/mol. The van der Waals surface area contributed by atoms with Gasteiger partial charge in [-0.25, -0.2) is 4.79 Å². The van der Waals surface area contributed by atoms with E-state index in [1.807, 2.05) is 32.0 Å². The van der Waals surface area contributed by atoms with Crippen molar-refractivity contribution < 1.29 is 19.4 Å². The minimum absolute atomic E-state index is 0.244. The van der Waals surface area contributed by atoms with Gasteiger partial charge in [0.15, 0.2) is 0 Å². The average molecular weight is 286 g/mol. The van der Waals surface area contributed by atoms with Crippen molar-refractivity contribution in [3.63, 3.8) is 0 Å². The first-order chi connectivity index (χ1) is 10.1. The molecule has 0 spiro atoms. The third-order valence-corrected chi connectivity index (χ3v) is 3.27. The Morgan fingerprint density at radius 3 is 2.33 bits per heavy atom. The Morgan fingerprint density at radius 1 is 1.00 bits per heavy atom. The maximum atomic E-state index is 10.7. The lowest BCUT2D eigenvalue weighted by Crippen LogP contribution is -2.10. The van der Waals surface area contributed by atoms with Crippen LogP contribution >= 0.6 is 0 Å². The molecule has 0 amide bonds. The van der Waals surface area contributed by atoms with Crippen LogP contribution in [0.4, 0.5) is 0 Å². The van der Waals surface area contributed by atoms with Crippen LogP contribution in [0.5, 0.6) is 11.5 Å². The zero-order valence-electron chi connectivity index (χ0n) is 12.1. The Bertz CT molecular complexity index is 617. The van der Waals surface area contributed by atoms with Crippen LogP contribution in [0.25, 0.3) is 0 Å². The van der Waals surface area contributed by atoms with E-state index in [9.17, 15) is 4.79 Å². The lowest BCUT2D eigenvalue weighted by molar-refractivity contribution is 0.0697. The smallest absolute Gasteiger partial charge is 0.335 e. The number of aromatic carboxylic acids is 1. The molecule has 4 nitrogen and oxygen atoms in total. The van der Waals surface area contributed by atoms with Crippen LogP contribution in [0.2, 0.25) is 0 Å². The molecule has 21 heavy (non-hydrogen) atoms. The fourth-order valence-electron chi connectivity index (χ4n) is 1.89. The lowest BCUT2D eigenvalue weighted by atomic mass is 10.1. The maximum Gasteiger partial charge on any atom is 0.335 e. The monoisotopic (exact) mass is 286 g/mol. The molecule has 0 bridgehead atoms. The summed E-state index contributed by atoms with van der Waals surface area (Å²) in [5.74, 6) is 0.546. The number of ether oxygens (including phenoxy) is 2. The highest BCUT2D eigenvalue weighted by Crippen LogP contribution is 2.20. The first-order valence-corrected chi connectivity index (χ1v) is 6.73. The topological polar surface area (TPSA) is 55.8 Å². The third kappa shape index (κ3) is 3.99. The zero-order chi connectivity index (χ0) is 15.2. The highest BCUT2D eigenvalue weighted by atomic mass is 16.5. The van der Waals surface area contributed by atoms with E-state index < -0.39 is 5.97 Å². The van der Waals surface area contributed by atoms with E-state index in [1.54, 1.807) is 12.1 Å². The molecule has 0 saturated heterocycles. The number of carboxylic acids is 1. The minimum Gasteiger partial charge on any atom is -0.490 e. The summed E-state index contributed by atoms with van der Waals surface area (Å²) in [6, 6.07) is 12.3. The summed E-state index contributed by atoms with van der Waals surface area (Å²) in [4.78, 5) is 10.7. The van der Waals surface area contributed by atoms with E-state index in [0.29, 0.717) is 19.0 Å². The summed E-state index contributed by atoms with van der Waals surface area (Å²) in [5.41, 5.74) is 2.56. The van der Waals surface area contributed by atoms with Gasteiger partial charge in [0, 0.05) is 0 Å². The largest absolute Gasteiger partial charge is 0.490 e. The van der Waals surface area contributed by atoms with Crippen molar-refractivity contribution in [3.05, 3.63) is 59.2 Å². The molecule has 1 N–H and O–H groups in total. The van der Waals surface area contributed by atoms with Gasteiger partial charge in [-0.3, -0.25) is 0 Å². The summed E-state index contributed by atoms with van der Waals surface area (Å²) in [7, 11) is 0. The van der Waals surface area contributed by atoms with Crippen molar-refractivity contribution in [1.82, 2.24) is 0 Å². The molecule has 0 aliphatic carbocycles. The normalized spacial score (nSPS) is 10.2. The predicted octanol–water partition coefficient (Wildman–Crippen LogP) is 3.46. The Balaban J connectivity index is 1.82. The molecule has 4 heteroatoms. The molecule has 0 aliphatic heterocycles.